The van der Waals surface area contributed by atoms with E-state index in [1.54, 1.807) is 7.11 Å². The molecule has 0 unspecified atom stereocenters. The van der Waals surface area contributed by atoms with Gasteiger partial charge in [-0.05, 0) is 30.7 Å². The first kappa shape index (κ1) is 14.5. The van der Waals surface area contributed by atoms with Gasteiger partial charge < -0.3 is 14.8 Å². The first-order valence-corrected chi connectivity index (χ1v) is 6.09. The van der Waals surface area contributed by atoms with Crippen molar-refractivity contribution >= 4 is 5.97 Å². The third kappa shape index (κ3) is 4.75. The molecule has 0 saturated heterocycles. The molecule has 1 N–H and O–H groups in total. The Hall–Kier alpha value is -1.55. The molecule has 1 aromatic rings. The molecule has 1 aromatic carbocycles. The van der Waals surface area contributed by atoms with Crippen LogP contribution >= 0.6 is 0 Å². The summed E-state index contributed by atoms with van der Waals surface area (Å²) in [6, 6.07) is 7.99. The van der Waals surface area contributed by atoms with Crippen LogP contribution in [-0.4, -0.2) is 33.3 Å². The molecule has 0 aliphatic rings. The number of rotatable bonds is 7. The van der Waals surface area contributed by atoms with Gasteiger partial charge in [0, 0.05) is 6.54 Å². The van der Waals surface area contributed by atoms with Crippen LogP contribution in [-0.2, 0) is 16.0 Å². The summed E-state index contributed by atoms with van der Waals surface area (Å²) in [5, 5.41) is 3.25. The lowest BCUT2D eigenvalue weighted by molar-refractivity contribution is -0.144. The molecular formula is C14H21NO3. The van der Waals surface area contributed by atoms with Crippen molar-refractivity contribution in [2.24, 2.45) is 5.92 Å². The smallest absolute Gasteiger partial charge is 0.309 e. The molecule has 0 aliphatic heterocycles. The van der Waals surface area contributed by atoms with Crippen molar-refractivity contribution in [1.82, 2.24) is 5.32 Å². The number of methoxy groups -OCH3 is 2. The third-order valence-electron chi connectivity index (χ3n) is 2.80. The molecule has 1 rings (SSSR count). The summed E-state index contributed by atoms with van der Waals surface area (Å²) < 4.78 is 9.76. The maximum absolute atomic E-state index is 11.2. The van der Waals surface area contributed by atoms with Gasteiger partial charge in [-0.1, -0.05) is 19.1 Å². The van der Waals surface area contributed by atoms with Gasteiger partial charge >= 0.3 is 5.97 Å². The van der Waals surface area contributed by atoms with Crippen LogP contribution in [0, 0.1) is 5.92 Å². The van der Waals surface area contributed by atoms with E-state index in [1.807, 2.05) is 31.2 Å². The van der Waals surface area contributed by atoms with Crippen molar-refractivity contribution in [3.05, 3.63) is 29.8 Å². The molecular weight excluding hydrogens is 230 g/mol. The topological polar surface area (TPSA) is 47.6 Å². The molecule has 0 fully saturated rings. The fraction of sp³-hybridized carbons (Fsp3) is 0.500. The van der Waals surface area contributed by atoms with E-state index in [0.29, 0.717) is 6.54 Å². The average molecular weight is 251 g/mol. The van der Waals surface area contributed by atoms with Crippen LogP contribution < -0.4 is 10.1 Å². The maximum Gasteiger partial charge on any atom is 0.309 e. The molecule has 0 aliphatic carbocycles. The molecule has 0 radical (unpaired) electrons. The van der Waals surface area contributed by atoms with Crippen LogP contribution in [0.3, 0.4) is 0 Å². The number of esters is 1. The number of carbonyl (C=O) groups excluding carboxylic acids is 1. The van der Waals surface area contributed by atoms with Crippen molar-refractivity contribution in [1.29, 1.82) is 0 Å². The molecule has 0 saturated carbocycles. The predicted octanol–water partition coefficient (Wildman–Crippen LogP) is 1.64. The zero-order chi connectivity index (χ0) is 13.4. The zero-order valence-electron chi connectivity index (χ0n) is 11.2. The largest absolute Gasteiger partial charge is 0.497 e. The van der Waals surface area contributed by atoms with Crippen LogP contribution in [0.25, 0.3) is 0 Å². The molecule has 0 aromatic heterocycles. The monoisotopic (exact) mass is 251 g/mol. The second kappa shape index (κ2) is 7.71. The van der Waals surface area contributed by atoms with Crippen molar-refractivity contribution in [2.75, 3.05) is 27.3 Å². The Morgan fingerprint density at radius 3 is 2.50 bits per heavy atom. The highest BCUT2D eigenvalue weighted by molar-refractivity contribution is 5.71. The van der Waals surface area contributed by atoms with E-state index in [2.05, 4.69) is 10.1 Å². The van der Waals surface area contributed by atoms with Crippen LogP contribution in [0.1, 0.15) is 12.5 Å². The summed E-state index contributed by atoms with van der Waals surface area (Å²) in [5.74, 6) is 0.587. The highest BCUT2D eigenvalue weighted by Crippen LogP contribution is 2.11. The number of benzene rings is 1. The van der Waals surface area contributed by atoms with Crippen molar-refractivity contribution in [2.45, 2.75) is 13.3 Å². The van der Waals surface area contributed by atoms with E-state index in [-0.39, 0.29) is 11.9 Å². The number of hydrogen-bond donors (Lipinski definition) is 1. The average Bonchev–Trinajstić information content (AvgIpc) is 2.43. The van der Waals surface area contributed by atoms with Crippen LogP contribution in [0.4, 0.5) is 0 Å². The van der Waals surface area contributed by atoms with Crippen LogP contribution in [0.5, 0.6) is 5.75 Å². The van der Waals surface area contributed by atoms with Gasteiger partial charge in [0.25, 0.3) is 0 Å². The quantitative estimate of drug-likeness (QED) is 0.591. The van der Waals surface area contributed by atoms with Crippen LogP contribution in [0.2, 0.25) is 0 Å². The Balaban J connectivity index is 2.23. The Kier molecular flexibility index (Phi) is 6.22. The van der Waals surface area contributed by atoms with E-state index < -0.39 is 0 Å². The predicted molar refractivity (Wildman–Crippen MR) is 70.7 cm³/mol. The zero-order valence-corrected chi connectivity index (χ0v) is 11.2. The van der Waals surface area contributed by atoms with Gasteiger partial charge in [-0.15, -0.1) is 0 Å². The number of ether oxygens (including phenoxy) is 2. The minimum atomic E-state index is -0.174. The van der Waals surface area contributed by atoms with Crippen molar-refractivity contribution in [3.63, 3.8) is 0 Å². The molecule has 100 valence electrons. The maximum atomic E-state index is 11.2. The molecule has 4 heteroatoms. The fourth-order valence-corrected chi connectivity index (χ4v) is 1.63. The minimum absolute atomic E-state index is 0.106. The van der Waals surface area contributed by atoms with E-state index >= 15 is 0 Å². The summed E-state index contributed by atoms with van der Waals surface area (Å²) in [5.41, 5.74) is 1.24. The summed E-state index contributed by atoms with van der Waals surface area (Å²) in [6.07, 6.45) is 0.928. The lowest BCUT2D eigenvalue weighted by Gasteiger charge is -2.10. The third-order valence-corrected chi connectivity index (χ3v) is 2.80. The van der Waals surface area contributed by atoms with E-state index in [9.17, 15) is 4.79 Å². The molecule has 1 atom stereocenters. The van der Waals surface area contributed by atoms with Gasteiger partial charge in [0.05, 0.1) is 20.1 Å². The number of nitrogens with one attached hydrogen (secondary N) is 1. The van der Waals surface area contributed by atoms with Crippen molar-refractivity contribution < 1.29 is 14.3 Å². The van der Waals surface area contributed by atoms with E-state index in [1.165, 1.54) is 12.7 Å². The molecule has 4 nitrogen and oxygen atoms in total. The molecule has 0 heterocycles. The first-order valence-electron chi connectivity index (χ1n) is 6.09. The van der Waals surface area contributed by atoms with Gasteiger partial charge in [-0.2, -0.15) is 0 Å². The second-order valence-electron chi connectivity index (χ2n) is 4.23. The Bertz CT molecular complexity index is 362. The fourth-order valence-electron chi connectivity index (χ4n) is 1.63. The Labute approximate surface area is 108 Å². The highest BCUT2D eigenvalue weighted by atomic mass is 16.5. The highest BCUT2D eigenvalue weighted by Gasteiger charge is 2.11. The summed E-state index contributed by atoms with van der Waals surface area (Å²) in [7, 11) is 3.07. The lowest BCUT2D eigenvalue weighted by atomic mass is 10.1. The Morgan fingerprint density at radius 1 is 1.28 bits per heavy atom. The van der Waals surface area contributed by atoms with Crippen molar-refractivity contribution in [3.8, 4) is 5.75 Å². The number of hydrogen-bond acceptors (Lipinski definition) is 4. The molecule has 18 heavy (non-hydrogen) atoms. The van der Waals surface area contributed by atoms with Gasteiger partial charge in [-0.25, -0.2) is 0 Å². The van der Waals surface area contributed by atoms with Gasteiger partial charge in [0.1, 0.15) is 5.75 Å². The van der Waals surface area contributed by atoms with Gasteiger partial charge in [0.2, 0.25) is 0 Å². The Morgan fingerprint density at radius 2 is 1.94 bits per heavy atom. The standard InChI is InChI=1S/C14H21NO3/c1-11(14(16)18-3)10-15-9-8-12-4-6-13(17-2)7-5-12/h4-7,11,15H,8-10H2,1-3H3/t11-/m0/s1. The van der Waals surface area contributed by atoms with Crippen LogP contribution in [0.15, 0.2) is 24.3 Å². The van der Waals surface area contributed by atoms with E-state index in [0.717, 1.165) is 18.7 Å². The molecule has 0 bridgehead atoms. The SMILES string of the molecule is COC(=O)[C@@H](C)CNCCc1ccc(OC)cc1. The summed E-state index contributed by atoms with van der Waals surface area (Å²) in [6.45, 7) is 3.34. The lowest BCUT2D eigenvalue weighted by Crippen LogP contribution is -2.28. The second-order valence-corrected chi connectivity index (χ2v) is 4.23. The number of carbonyl (C=O) groups is 1. The minimum Gasteiger partial charge on any atom is -0.497 e. The van der Waals surface area contributed by atoms with Gasteiger partial charge in [0.15, 0.2) is 0 Å². The van der Waals surface area contributed by atoms with E-state index in [4.69, 9.17) is 4.74 Å². The molecule has 0 spiro atoms. The normalized spacial score (nSPS) is 11.9. The molecule has 0 amide bonds. The van der Waals surface area contributed by atoms with Gasteiger partial charge in [-0.3, -0.25) is 4.79 Å². The summed E-state index contributed by atoms with van der Waals surface area (Å²) >= 11 is 0. The summed E-state index contributed by atoms with van der Waals surface area (Å²) in [4.78, 5) is 11.2. The first-order chi connectivity index (χ1) is 8.67.